The lowest BCUT2D eigenvalue weighted by Gasteiger charge is -2.32. The Bertz CT molecular complexity index is 771. The molecule has 144 valence electrons. The summed E-state index contributed by atoms with van der Waals surface area (Å²) in [4.78, 5) is 15.8. The van der Waals surface area contributed by atoms with Gasteiger partial charge in [0.15, 0.2) is 0 Å². The topological polar surface area (TPSA) is 32.3 Å². The second-order valence-electron chi connectivity index (χ2n) is 6.84. The molecule has 1 heterocycles. The van der Waals surface area contributed by atoms with Crippen molar-refractivity contribution in [2.75, 3.05) is 25.9 Å². The Kier molecular flexibility index (Phi) is 6.85. The van der Waals surface area contributed by atoms with E-state index in [0.717, 1.165) is 44.6 Å². The van der Waals surface area contributed by atoms with Crippen LogP contribution < -0.4 is 5.32 Å². The smallest absolute Gasteiger partial charge is 0.257 e. The highest BCUT2D eigenvalue weighted by atomic mass is 32.2. The lowest BCUT2D eigenvalue weighted by Crippen LogP contribution is -2.38. The predicted octanol–water partition coefficient (Wildman–Crippen LogP) is 4.33. The maximum absolute atomic E-state index is 13.7. The van der Waals surface area contributed by atoms with Gasteiger partial charge < -0.3 is 5.32 Å². The van der Waals surface area contributed by atoms with Crippen molar-refractivity contribution in [2.24, 2.45) is 5.92 Å². The maximum atomic E-state index is 13.7. The number of halogens is 2. The SMILES string of the molecule is CSc1ccccc1CN1CCC(CNC(=O)c2c(F)cccc2F)CC1. The summed E-state index contributed by atoms with van der Waals surface area (Å²) in [7, 11) is 0. The molecular weight excluding hydrogens is 366 g/mol. The van der Waals surface area contributed by atoms with Gasteiger partial charge in [0.05, 0.1) is 0 Å². The van der Waals surface area contributed by atoms with Crippen molar-refractivity contribution in [3.05, 3.63) is 65.2 Å². The van der Waals surface area contributed by atoms with E-state index in [1.54, 1.807) is 11.8 Å². The van der Waals surface area contributed by atoms with E-state index >= 15 is 0 Å². The van der Waals surface area contributed by atoms with E-state index in [9.17, 15) is 13.6 Å². The van der Waals surface area contributed by atoms with Crippen molar-refractivity contribution in [1.29, 1.82) is 0 Å². The van der Waals surface area contributed by atoms with Crippen molar-refractivity contribution in [1.82, 2.24) is 10.2 Å². The van der Waals surface area contributed by atoms with E-state index in [0.29, 0.717) is 12.5 Å². The van der Waals surface area contributed by atoms with Gasteiger partial charge in [0, 0.05) is 18.0 Å². The van der Waals surface area contributed by atoms with Crippen LogP contribution in [0.25, 0.3) is 0 Å². The largest absolute Gasteiger partial charge is 0.352 e. The number of nitrogens with zero attached hydrogens (tertiary/aromatic N) is 1. The molecule has 1 N–H and O–H groups in total. The van der Waals surface area contributed by atoms with Crippen LogP contribution in [0.2, 0.25) is 0 Å². The Labute approximate surface area is 163 Å². The molecule has 3 rings (SSSR count). The molecule has 0 atom stereocenters. The average molecular weight is 390 g/mol. The standard InChI is InChI=1S/C21H24F2N2OS/c1-27-19-8-3-2-5-16(19)14-25-11-9-15(10-12-25)13-24-21(26)20-17(22)6-4-7-18(20)23/h2-8,15H,9-14H2,1H3,(H,24,26). The first-order chi connectivity index (χ1) is 13.1. The number of thioether (sulfide) groups is 1. The molecule has 0 aromatic heterocycles. The molecule has 3 nitrogen and oxygen atoms in total. The number of hydrogen-bond donors (Lipinski definition) is 1. The number of piperidine rings is 1. The minimum Gasteiger partial charge on any atom is -0.352 e. The Balaban J connectivity index is 1.48. The van der Waals surface area contributed by atoms with Crippen molar-refractivity contribution >= 4 is 17.7 Å². The minimum atomic E-state index is -0.824. The highest BCUT2D eigenvalue weighted by Crippen LogP contribution is 2.24. The maximum Gasteiger partial charge on any atom is 0.257 e. The van der Waals surface area contributed by atoms with Crippen LogP contribution in [0.4, 0.5) is 8.78 Å². The van der Waals surface area contributed by atoms with E-state index in [4.69, 9.17) is 0 Å². The quantitative estimate of drug-likeness (QED) is 0.745. The zero-order valence-electron chi connectivity index (χ0n) is 15.4. The number of nitrogens with one attached hydrogen (secondary N) is 1. The fourth-order valence-electron chi connectivity index (χ4n) is 3.46. The molecule has 1 fully saturated rings. The van der Waals surface area contributed by atoms with Crippen molar-refractivity contribution < 1.29 is 13.6 Å². The molecule has 0 radical (unpaired) electrons. The molecule has 27 heavy (non-hydrogen) atoms. The molecular formula is C21H24F2N2OS. The minimum absolute atomic E-state index is 0.329. The molecule has 2 aromatic rings. The third-order valence-electron chi connectivity index (χ3n) is 5.03. The summed E-state index contributed by atoms with van der Waals surface area (Å²) in [5.41, 5.74) is 0.843. The van der Waals surface area contributed by atoms with Gasteiger partial charge in [-0.05, 0) is 61.9 Å². The van der Waals surface area contributed by atoms with Crippen LogP contribution in [-0.2, 0) is 6.54 Å². The molecule has 0 spiro atoms. The summed E-state index contributed by atoms with van der Waals surface area (Å²) in [6.07, 6.45) is 4.01. The van der Waals surface area contributed by atoms with Crippen LogP contribution in [0, 0.1) is 17.6 Å². The summed E-state index contributed by atoms with van der Waals surface area (Å²) >= 11 is 1.76. The Morgan fingerprint density at radius 3 is 2.44 bits per heavy atom. The Hall–Kier alpha value is -1.92. The first kappa shape index (κ1) is 19.8. The fraction of sp³-hybridized carbons (Fsp3) is 0.381. The lowest BCUT2D eigenvalue weighted by molar-refractivity contribution is 0.0926. The van der Waals surface area contributed by atoms with Gasteiger partial charge in [-0.3, -0.25) is 9.69 Å². The van der Waals surface area contributed by atoms with Gasteiger partial charge in [-0.1, -0.05) is 24.3 Å². The summed E-state index contributed by atoms with van der Waals surface area (Å²) in [6.45, 7) is 3.28. The summed E-state index contributed by atoms with van der Waals surface area (Å²) in [6, 6.07) is 11.9. The van der Waals surface area contributed by atoms with Gasteiger partial charge >= 0.3 is 0 Å². The number of rotatable bonds is 6. The number of likely N-dealkylation sites (tertiary alicyclic amines) is 1. The Morgan fingerprint density at radius 1 is 1.11 bits per heavy atom. The van der Waals surface area contributed by atoms with Crippen LogP contribution in [0.1, 0.15) is 28.8 Å². The van der Waals surface area contributed by atoms with E-state index in [1.165, 1.54) is 16.5 Å². The molecule has 1 amide bonds. The van der Waals surface area contributed by atoms with Crippen LogP contribution in [0.3, 0.4) is 0 Å². The number of hydrogen-bond acceptors (Lipinski definition) is 3. The first-order valence-corrected chi connectivity index (χ1v) is 10.4. The van der Waals surface area contributed by atoms with Crippen LogP contribution in [0.5, 0.6) is 0 Å². The second kappa shape index (κ2) is 9.33. The van der Waals surface area contributed by atoms with Crippen LogP contribution in [-0.4, -0.2) is 36.7 Å². The number of carbonyl (C=O) groups excluding carboxylic acids is 1. The predicted molar refractivity (Wildman–Crippen MR) is 105 cm³/mol. The molecule has 2 aromatic carbocycles. The van der Waals surface area contributed by atoms with E-state index < -0.39 is 23.1 Å². The first-order valence-electron chi connectivity index (χ1n) is 9.15. The van der Waals surface area contributed by atoms with Gasteiger partial charge in [0.25, 0.3) is 5.91 Å². The third-order valence-corrected chi connectivity index (χ3v) is 5.87. The normalized spacial score (nSPS) is 15.7. The highest BCUT2D eigenvalue weighted by Gasteiger charge is 2.22. The molecule has 1 aliphatic heterocycles. The van der Waals surface area contributed by atoms with Crippen molar-refractivity contribution in [2.45, 2.75) is 24.3 Å². The second-order valence-corrected chi connectivity index (χ2v) is 7.69. The lowest BCUT2D eigenvalue weighted by atomic mass is 9.96. The monoisotopic (exact) mass is 390 g/mol. The Morgan fingerprint density at radius 2 is 1.78 bits per heavy atom. The summed E-state index contributed by atoms with van der Waals surface area (Å²) in [5, 5.41) is 2.69. The number of amides is 1. The summed E-state index contributed by atoms with van der Waals surface area (Å²) < 4.78 is 27.4. The number of carbonyl (C=O) groups is 1. The van der Waals surface area contributed by atoms with E-state index in [-0.39, 0.29) is 0 Å². The van der Waals surface area contributed by atoms with Gasteiger partial charge in [-0.25, -0.2) is 8.78 Å². The molecule has 0 bridgehead atoms. The summed E-state index contributed by atoms with van der Waals surface area (Å²) in [5.74, 6) is -2.00. The zero-order valence-corrected chi connectivity index (χ0v) is 16.2. The van der Waals surface area contributed by atoms with E-state index in [1.807, 2.05) is 0 Å². The number of benzene rings is 2. The zero-order chi connectivity index (χ0) is 19.2. The van der Waals surface area contributed by atoms with Crippen molar-refractivity contribution in [3.63, 3.8) is 0 Å². The van der Waals surface area contributed by atoms with Gasteiger partial charge in [-0.2, -0.15) is 0 Å². The van der Waals surface area contributed by atoms with Crippen LogP contribution >= 0.6 is 11.8 Å². The molecule has 6 heteroatoms. The molecule has 0 saturated carbocycles. The van der Waals surface area contributed by atoms with Crippen molar-refractivity contribution in [3.8, 4) is 0 Å². The fourth-order valence-corrected chi connectivity index (χ4v) is 4.07. The van der Waals surface area contributed by atoms with Gasteiger partial charge in [0.2, 0.25) is 0 Å². The third kappa shape index (κ3) is 5.08. The molecule has 1 aliphatic rings. The van der Waals surface area contributed by atoms with Gasteiger partial charge in [0.1, 0.15) is 17.2 Å². The van der Waals surface area contributed by atoms with Crippen LogP contribution in [0.15, 0.2) is 47.4 Å². The average Bonchev–Trinajstić information content (AvgIpc) is 2.68. The highest BCUT2D eigenvalue weighted by molar-refractivity contribution is 7.98. The molecule has 1 saturated heterocycles. The van der Waals surface area contributed by atoms with E-state index in [2.05, 4.69) is 40.7 Å². The molecule has 0 aliphatic carbocycles. The molecule has 0 unspecified atom stereocenters. The van der Waals surface area contributed by atoms with Gasteiger partial charge in [-0.15, -0.1) is 11.8 Å².